The Morgan fingerprint density at radius 3 is 2.11 bits per heavy atom. The fourth-order valence-electron chi connectivity index (χ4n) is 0.195. The first kappa shape index (κ1) is 8.67. The number of alkyl halides is 3. The van der Waals surface area contributed by atoms with Gasteiger partial charge in [-0.25, -0.2) is 4.89 Å². The van der Waals surface area contributed by atoms with Crippen LogP contribution in [0.5, 0.6) is 0 Å². The quantitative estimate of drug-likeness (QED) is 0.367. The van der Waals surface area contributed by atoms with Crippen molar-refractivity contribution in [2.75, 3.05) is 13.2 Å². The third kappa shape index (κ3) is 7.67. The highest BCUT2D eigenvalue weighted by Gasteiger charge is 2.28. The molecule has 0 aromatic carbocycles. The second-order valence-corrected chi connectivity index (χ2v) is 1.13. The van der Waals surface area contributed by atoms with Gasteiger partial charge in [0.05, 0.1) is 6.61 Å². The van der Waals surface area contributed by atoms with Crippen LogP contribution in [0.2, 0.25) is 0 Å². The minimum absolute atomic E-state index is 0.487. The molecule has 9 heavy (non-hydrogen) atoms. The molecule has 0 saturated carbocycles. The zero-order chi connectivity index (χ0) is 7.33. The van der Waals surface area contributed by atoms with Crippen LogP contribution in [-0.4, -0.2) is 24.8 Å². The third-order valence-electron chi connectivity index (χ3n) is 0.440. The minimum atomic E-state index is -4.64. The van der Waals surface area contributed by atoms with E-state index in [1.54, 1.807) is 0 Å². The molecule has 0 amide bonds. The Balaban J connectivity index is 3.07. The first-order chi connectivity index (χ1) is 4.06. The van der Waals surface area contributed by atoms with Crippen molar-refractivity contribution < 1.29 is 28.1 Å². The second kappa shape index (κ2) is 3.65. The van der Waals surface area contributed by atoms with E-state index < -0.39 is 19.6 Å². The van der Waals surface area contributed by atoms with Crippen LogP contribution in [0.25, 0.3) is 0 Å². The van der Waals surface area contributed by atoms with Gasteiger partial charge in [0.15, 0.2) is 0 Å². The van der Waals surface area contributed by atoms with Gasteiger partial charge in [-0.1, -0.05) is 0 Å². The molecule has 0 bridgehead atoms. The van der Waals surface area contributed by atoms with Crippen molar-refractivity contribution in [3.8, 4) is 0 Å². The Bertz CT molecular complexity index is 71.2. The molecule has 0 aliphatic carbocycles. The van der Waals surface area contributed by atoms with E-state index in [9.17, 15) is 13.2 Å². The average molecular weight is 146 g/mol. The Morgan fingerprint density at radius 1 is 1.22 bits per heavy atom. The van der Waals surface area contributed by atoms with Gasteiger partial charge in [0.2, 0.25) is 0 Å². The van der Waals surface area contributed by atoms with E-state index in [0.717, 1.165) is 0 Å². The summed E-state index contributed by atoms with van der Waals surface area (Å²) in [7, 11) is 0. The van der Waals surface area contributed by atoms with Gasteiger partial charge in [-0.15, -0.1) is 13.2 Å². The average Bonchev–Trinajstić information content (AvgIpc) is 1.63. The first-order valence-electron chi connectivity index (χ1n) is 2.03. The van der Waals surface area contributed by atoms with Crippen molar-refractivity contribution in [3.05, 3.63) is 0 Å². The predicted molar refractivity (Wildman–Crippen MR) is 20.6 cm³/mol. The Kier molecular flexibility index (Phi) is 3.52. The highest BCUT2D eigenvalue weighted by molar-refractivity contribution is 4.28. The van der Waals surface area contributed by atoms with E-state index >= 15 is 0 Å². The molecule has 6 heteroatoms. The van der Waals surface area contributed by atoms with Crippen molar-refractivity contribution in [1.82, 2.24) is 0 Å². The molecule has 0 unspecified atom stereocenters. The lowest BCUT2D eigenvalue weighted by atomic mass is 10.8. The SMILES string of the molecule is OOCCOC(F)(F)F. The summed E-state index contributed by atoms with van der Waals surface area (Å²) in [5, 5.41) is 7.52. The lowest BCUT2D eigenvalue weighted by molar-refractivity contribution is -0.339. The first-order valence-corrected chi connectivity index (χ1v) is 2.03. The fraction of sp³-hybridized carbons (Fsp3) is 1.00. The van der Waals surface area contributed by atoms with Crippen molar-refractivity contribution in [3.63, 3.8) is 0 Å². The lowest BCUT2D eigenvalue weighted by Gasteiger charge is -2.04. The summed E-state index contributed by atoms with van der Waals surface area (Å²) >= 11 is 0. The van der Waals surface area contributed by atoms with Gasteiger partial charge in [-0.2, -0.15) is 0 Å². The summed E-state index contributed by atoms with van der Waals surface area (Å²) in [6, 6.07) is 0. The lowest BCUT2D eigenvalue weighted by Crippen LogP contribution is -2.16. The summed E-state index contributed by atoms with van der Waals surface area (Å²) in [5.74, 6) is 0. The molecule has 0 heterocycles. The van der Waals surface area contributed by atoms with Crippen molar-refractivity contribution in [2.24, 2.45) is 0 Å². The standard InChI is InChI=1S/C3H5F3O3/c4-3(5,6)8-1-2-9-7/h7H,1-2H2. The fourth-order valence-corrected chi connectivity index (χ4v) is 0.195. The number of halogens is 3. The van der Waals surface area contributed by atoms with Gasteiger partial charge in [0.25, 0.3) is 0 Å². The van der Waals surface area contributed by atoms with Gasteiger partial charge >= 0.3 is 6.36 Å². The van der Waals surface area contributed by atoms with E-state index in [2.05, 4.69) is 9.62 Å². The molecule has 0 aliphatic heterocycles. The maximum atomic E-state index is 11.0. The van der Waals surface area contributed by atoms with Crippen LogP contribution in [0.4, 0.5) is 13.2 Å². The molecule has 1 N–H and O–H groups in total. The zero-order valence-corrected chi connectivity index (χ0v) is 4.31. The maximum Gasteiger partial charge on any atom is 0.522 e. The molecule has 0 aliphatic rings. The van der Waals surface area contributed by atoms with Gasteiger partial charge in [0.1, 0.15) is 6.61 Å². The molecule has 0 fully saturated rings. The Morgan fingerprint density at radius 2 is 1.78 bits per heavy atom. The molecular weight excluding hydrogens is 141 g/mol. The van der Waals surface area contributed by atoms with Crippen LogP contribution in [0.15, 0.2) is 0 Å². The van der Waals surface area contributed by atoms with Gasteiger partial charge < -0.3 is 0 Å². The molecule has 0 atom stereocenters. The molecule has 56 valence electrons. The minimum Gasteiger partial charge on any atom is -0.289 e. The molecule has 0 aromatic heterocycles. The summed E-state index contributed by atoms with van der Waals surface area (Å²) in [6.07, 6.45) is -4.64. The van der Waals surface area contributed by atoms with Gasteiger partial charge in [-0.3, -0.25) is 9.99 Å². The van der Waals surface area contributed by atoms with E-state index in [1.165, 1.54) is 0 Å². The Labute approximate surface area is 48.9 Å². The molecule has 0 aromatic rings. The second-order valence-electron chi connectivity index (χ2n) is 1.13. The summed E-state index contributed by atoms with van der Waals surface area (Å²) < 4.78 is 36.2. The van der Waals surface area contributed by atoms with Gasteiger partial charge in [-0.05, 0) is 0 Å². The largest absolute Gasteiger partial charge is 0.522 e. The van der Waals surface area contributed by atoms with Crippen LogP contribution in [0.1, 0.15) is 0 Å². The third-order valence-corrected chi connectivity index (χ3v) is 0.440. The summed E-state index contributed by atoms with van der Waals surface area (Å²) in [5.41, 5.74) is 0. The van der Waals surface area contributed by atoms with E-state index in [-0.39, 0.29) is 0 Å². The van der Waals surface area contributed by atoms with E-state index in [4.69, 9.17) is 5.26 Å². The molecule has 0 saturated heterocycles. The van der Waals surface area contributed by atoms with Gasteiger partial charge in [0, 0.05) is 0 Å². The highest BCUT2D eigenvalue weighted by Crippen LogP contribution is 2.15. The van der Waals surface area contributed by atoms with Crippen LogP contribution < -0.4 is 0 Å². The molecule has 0 spiro atoms. The van der Waals surface area contributed by atoms with Crippen molar-refractivity contribution in [1.29, 1.82) is 0 Å². The molecule has 0 rings (SSSR count). The highest BCUT2D eigenvalue weighted by atomic mass is 19.4. The van der Waals surface area contributed by atoms with Crippen LogP contribution >= 0.6 is 0 Å². The number of hydrogen-bond acceptors (Lipinski definition) is 3. The normalized spacial score (nSPS) is 12.0. The van der Waals surface area contributed by atoms with Crippen LogP contribution in [0, 0.1) is 0 Å². The van der Waals surface area contributed by atoms with Crippen molar-refractivity contribution in [2.45, 2.75) is 6.36 Å². The summed E-state index contributed by atoms with van der Waals surface area (Å²) in [6.45, 7) is -1.18. The molecular formula is C3H5F3O3. The van der Waals surface area contributed by atoms with Crippen LogP contribution in [0.3, 0.4) is 0 Å². The molecule has 3 nitrogen and oxygen atoms in total. The van der Waals surface area contributed by atoms with E-state index in [0.29, 0.717) is 0 Å². The maximum absolute atomic E-state index is 11.0. The number of hydrogen-bond donors (Lipinski definition) is 1. The topological polar surface area (TPSA) is 38.7 Å². The number of rotatable bonds is 3. The predicted octanol–water partition coefficient (Wildman–Crippen LogP) is 1.01. The zero-order valence-electron chi connectivity index (χ0n) is 4.31. The van der Waals surface area contributed by atoms with E-state index in [1.807, 2.05) is 0 Å². The Hall–Kier alpha value is -0.330. The smallest absolute Gasteiger partial charge is 0.289 e. The monoisotopic (exact) mass is 146 g/mol. The summed E-state index contributed by atoms with van der Waals surface area (Å²) in [4.78, 5) is 3.31. The van der Waals surface area contributed by atoms with Crippen LogP contribution in [-0.2, 0) is 9.62 Å². The molecule has 0 radical (unpaired) electrons. The van der Waals surface area contributed by atoms with Crippen molar-refractivity contribution >= 4 is 0 Å². The number of ether oxygens (including phenoxy) is 1.